The molecule has 0 aliphatic heterocycles. The molecule has 9 aromatic rings. The zero-order valence-corrected chi connectivity index (χ0v) is 26.4. The van der Waals surface area contributed by atoms with Gasteiger partial charge in [-0.1, -0.05) is 94.8 Å². The third kappa shape index (κ3) is 3.71. The van der Waals surface area contributed by atoms with Crippen LogP contribution in [0.15, 0.2) is 142 Å². The fourth-order valence-electron chi connectivity index (χ4n) is 7.65. The van der Waals surface area contributed by atoms with Crippen LogP contribution in [0, 0.1) is 0 Å². The first-order valence-electron chi connectivity index (χ1n) is 15.7. The summed E-state index contributed by atoms with van der Waals surface area (Å²) in [4.78, 5) is 0. The average Bonchev–Trinajstić information content (AvgIpc) is 3.75. The van der Waals surface area contributed by atoms with E-state index in [1.807, 2.05) is 12.1 Å². The standard InChI is InChI=1S/C42H27BrN2O/c43-35-15-9-17-41-42(35)34-23-27(19-21-40(34)46-41)26-18-20-37-31(22-26)33-25-38-32(24-39(33)45(37)29-12-5-2-6-13-29)30-14-7-8-16-36(30)44(38)28-10-3-1-4-11-28/h1-17,19-26H,18H2. The summed E-state index contributed by atoms with van der Waals surface area (Å²) in [5.41, 5.74) is 9.15. The van der Waals surface area contributed by atoms with Crippen molar-refractivity contribution in [3.8, 4) is 11.4 Å². The number of nitrogens with zero attached hydrogens (tertiary/aromatic N) is 2. The molecule has 46 heavy (non-hydrogen) atoms. The van der Waals surface area contributed by atoms with Crippen LogP contribution in [0.5, 0.6) is 0 Å². The van der Waals surface area contributed by atoms with Gasteiger partial charge in [-0.3, -0.25) is 0 Å². The minimum Gasteiger partial charge on any atom is -0.456 e. The van der Waals surface area contributed by atoms with Crippen molar-refractivity contribution >= 4 is 82.7 Å². The molecule has 0 bridgehead atoms. The molecule has 0 fully saturated rings. The van der Waals surface area contributed by atoms with Gasteiger partial charge in [0.25, 0.3) is 0 Å². The largest absolute Gasteiger partial charge is 0.456 e. The monoisotopic (exact) mass is 654 g/mol. The molecule has 218 valence electrons. The number of rotatable bonds is 3. The Balaban J connectivity index is 1.28. The lowest BCUT2D eigenvalue weighted by Gasteiger charge is -2.15. The molecule has 1 aliphatic carbocycles. The van der Waals surface area contributed by atoms with E-state index in [1.54, 1.807) is 0 Å². The Hall–Kier alpha value is -5.32. The first-order chi connectivity index (χ1) is 22.7. The molecule has 0 spiro atoms. The first-order valence-corrected chi connectivity index (χ1v) is 16.5. The Morgan fingerprint density at radius 3 is 2.11 bits per heavy atom. The van der Waals surface area contributed by atoms with E-state index in [9.17, 15) is 0 Å². The molecule has 0 saturated carbocycles. The lowest BCUT2D eigenvalue weighted by molar-refractivity contribution is 0.668. The maximum atomic E-state index is 6.20. The summed E-state index contributed by atoms with van der Waals surface area (Å²) in [6, 6.07) is 48.0. The molecule has 1 unspecified atom stereocenters. The van der Waals surface area contributed by atoms with Crippen LogP contribution in [0.1, 0.15) is 17.9 Å². The van der Waals surface area contributed by atoms with E-state index in [0.717, 1.165) is 32.8 Å². The third-order valence-electron chi connectivity index (χ3n) is 9.70. The van der Waals surface area contributed by atoms with Gasteiger partial charge in [-0.05, 0) is 78.7 Å². The van der Waals surface area contributed by atoms with Crippen molar-refractivity contribution in [3.63, 3.8) is 0 Å². The number of para-hydroxylation sites is 3. The van der Waals surface area contributed by atoms with Gasteiger partial charge in [0.05, 0.1) is 16.6 Å². The fraction of sp³-hybridized carbons (Fsp3) is 0.0476. The van der Waals surface area contributed by atoms with E-state index in [-0.39, 0.29) is 5.92 Å². The Morgan fingerprint density at radius 1 is 0.565 bits per heavy atom. The van der Waals surface area contributed by atoms with Gasteiger partial charge in [0.15, 0.2) is 0 Å². The van der Waals surface area contributed by atoms with Crippen LogP contribution in [0.25, 0.3) is 78.2 Å². The summed E-state index contributed by atoms with van der Waals surface area (Å²) < 4.78 is 12.1. The average molecular weight is 656 g/mol. The summed E-state index contributed by atoms with van der Waals surface area (Å²) in [5, 5.41) is 8.64. The van der Waals surface area contributed by atoms with Crippen LogP contribution in [0.3, 0.4) is 0 Å². The highest BCUT2D eigenvalue weighted by atomic mass is 79.9. The van der Waals surface area contributed by atoms with Gasteiger partial charge in [-0.25, -0.2) is 0 Å². The molecule has 0 saturated heterocycles. The molecule has 1 aliphatic rings. The van der Waals surface area contributed by atoms with Crippen LogP contribution in [-0.2, 0) is 0 Å². The van der Waals surface area contributed by atoms with E-state index >= 15 is 0 Å². The third-order valence-corrected chi connectivity index (χ3v) is 10.4. The van der Waals surface area contributed by atoms with Crippen molar-refractivity contribution in [2.75, 3.05) is 0 Å². The first kappa shape index (κ1) is 26.0. The second-order valence-electron chi connectivity index (χ2n) is 12.2. The molecule has 0 radical (unpaired) electrons. The molecule has 0 N–H and O–H groups in total. The van der Waals surface area contributed by atoms with Crippen molar-refractivity contribution in [1.82, 2.24) is 9.13 Å². The zero-order chi connectivity index (χ0) is 30.4. The van der Waals surface area contributed by atoms with Crippen molar-refractivity contribution in [1.29, 1.82) is 0 Å². The molecular weight excluding hydrogens is 628 g/mol. The number of hydrogen-bond acceptors (Lipinski definition) is 1. The molecule has 1 atom stereocenters. The summed E-state index contributed by atoms with van der Waals surface area (Å²) >= 11 is 3.77. The number of furan rings is 1. The van der Waals surface area contributed by atoms with Gasteiger partial charge in [0, 0.05) is 59.3 Å². The minimum absolute atomic E-state index is 0.245. The van der Waals surface area contributed by atoms with Gasteiger partial charge >= 0.3 is 0 Å². The quantitative estimate of drug-likeness (QED) is 0.186. The Bertz CT molecular complexity index is 2790. The van der Waals surface area contributed by atoms with Gasteiger partial charge in [0.2, 0.25) is 0 Å². The highest BCUT2D eigenvalue weighted by Gasteiger charge is 2.21. The Labute approximate surface area is 273 Å². The molecular formula is C42H27BrN2O. The van der Waals surface area contributed by atoms with Crippen molar-refractivity contribution in [3.05, 3.63) is 154 Å². The van der Waals surface area contributed by atoms with Gasteiger partial charge < -0.3 is 13.6 Å². The number of aromatic nitrogens is 2. The predicted molar refractivity (Wildman–Crippen MR) is 195 cm³/mol. The fourth-order valence-corrected chi connectivity index (χ4v) is 8.21. The maximum Gasteiger partial charge on any atom is 0.136 e. The smallest absolute Gasteiger partial charge is 0.136 e. The number of halogens is 1. The van der Waals surface area contributed by atoms with Crippen LogP contribution in [0.2, 0.25) is 0 Å². The van der Waals surface area contributed by atoms with E-state index in [0.29, 0.717) is 0 Å². The highest BCUT2D eigenvalue weighted by molar-refractivity contribution is 9.10. The van der Waals surface area contributed by atoms with E-state index in [2.05, 4.69) is 159 Å². The van der Waals surface area contributed by atoms with E-state index in [4.69, 9.17) is 4.42 Å². The van der Waals surface area contributed by atoms with Crippen LogP contribution in [0.4, 0.5) is 0 Å². The molecule has 10 rings (SSSR count). The molecule has 6 aromatic carbocycles. The van der Waals surface area contributed by atoms with Gasteiger partial charge in [0.1, 0.15) is 11.2 Å². The minimum atomic E-state index is 0.245. The van der Waals surface area contributed by atoms with Crippen molar-refractivity contribution in [2.45, 2.75) is 12.3 Å². The SMILES string of the molecule is Brc1cccc2oc3ccc(C4C=c5c(n(-c6ccccc6)c6cc7c8ccccc8n(-c8ccccc8)c7cc56)=CC4)cc3c12. The second-order valence-corrected chi connectivity index (χ2v) is 13.1. The van der Waals surface area contributed by atoms with Crippen LogP contribution >= 0.6 is 15.9 Å². The van der Waals surface area contributed by atoms with Crippen molar-refractivity contribution in [2.24, 2.45) is 0 Å². The molecule has 3 heterocycles. The van der Waals surface area contributed by atoms with Crippen LogP contribution in [-0.4, -0.2) is 9.13 Å². The molecule has 3 nitrogen and oxygen atoms in total. The van der Waals surface area contributed by atoms with E-state index in [1.165, 1.54) is 60.2 Å². The van der Waals surface area contributed by atoms with Gasteiger partial charge in [-0.15, -0.1) is 0 Å². The van der Waals surface area contributed by atoms with Gasteiger partial charge in [-0.2, -0.15) is 0 Å². The van der Waals surface area contributed by atoms with Crippen molar-refractivity contribution < 1.29 is 4.42 Å². The summed E-state index contributed by atoms with van der Waals surface area (Å²) in [6.07, 6.45) is 5.86. The highest BCUT2D eigenvalue weighted by Crippen LogP contribution is 2.38. The zero-order valence-electron chi connectivity index (χ0n) is 24.8. The Morgan fingerprint density at radius 2 is 1.28 bits per heavy atom. The molecule has 3 aromatic heterocycles. The topological polar surface area (TPSA) is 23.0 Å². The summed E-state index contributed by atoms with van der Waals surface area (Å²) in [6.45, 7) is 0. The lowest BCUT2D eigenvalue weighted by Crippen LogP contribution is -2.31. The normalized spacial score (nSPS) is 14.7. The Kier molecular flexibility index (Phi) is 5.55. The lowest BCUT2D eigenvalue weighted by atomic mass is 9.90. The van der Waals surface area contributed by atoms with E-state index < -0.39 is 0 Å². The molecule has 4 heteroatoms. The second kappa shape index (κ2) is 9.84. The maximum absolute atomic E-state index is 6.20. The predicted octanol–water partition coefficient (Wildman–Crippen LogP) is 10.1. The number of benzene rings is 6. The number of fused-ring (bicyclic) bond motifs is 9. The number of hydrogen-bond donors (Lipinski definition) is 0. The van der Waals surface area contributed by atoms with Crippen LogP contribution < -0.4 is 10.6 Å². The summed E-state index contributed by atoms with van der Waals surface area (Å²) in [7, 11) is 0. The molecule has 0 amide bonds. The summed E-state index contributed by atoms with van der Waals surface area (Å²) in [5.74, 6) is 0.245.